The second kappa shape index (κ2) is 22.1. The van der Waals surface area contributed by atoms with Gasteiger partial charge in [-0.2, -0.15) is 0 Å². The van der Waals surface area contributed by atoms with E-state index in [0.717, 1.165) is 31.0 Å². The number of rotatable bonds is 25. The van der Waals surface area contributed by atoms with E-state index in [-0.39, 0.29) is 0 Å². The van der Waals surface area contributed by atoms with Crippen LogP contribution in [0.3, 0.4) is 0 Å². The molecular formula is C40H65N3OSSn. The van der Waals surface area contributed by atoms with Crippen molar-refractivity contribution >= 4 is 56.1 Å². The zero-order valence-electron chi connectivity index (χ0n) is 30.0. The van der Waals surface area contributed by atoms with Crippen LogP contribution in [-0.2, 0) is 0 Å². The van der Waals surface area contributed by atoms with Gasteiger partial charge in [-0.05, 0) is 35.9 Å². The van der Waals surface area contributed by atoms with E-state index in [4.69, 9.17) is 10.5 Å². The van der Waals surface area contributed by atoms with E-state index in [9.17, 15) is 0 Å². The third-order valence-electron chi connectivity index (χ3n) is 9.59. The van der Waals surface area contributed by atoms with Gasteiger partial charge in [0.2, 0.25) is 0 Å². The summed E-state index contributed by atoms with van der Waals surface area (Å²) in [7, 11) is 4.22. The van der Waals surface area contributed by atoms with E-state index in [1.165, 1.54) is 118 Å². The summed E-state index contributed by atoms with van der Waals surface area (Å²) in [4.78, 5) is 3.50. The zero-order valence-corrected chi connectivity index (χ0v) is 33.6. The molecule has 256 valence electrons. The zero-order chi connectivity index (χ0) is 33.0. The van der Waals surface area contributed by atoms with Crippen molar-refractivity contribution in [2.24, 2.45) is 0 Å². The average molecular weight is 755 g/mol. The van der Waals surface area contributed by atoms with Gasteiger partial charge in [0.1, 0.15) is 0 Å². The van der Waals surface area contributed by atoms with E-state index in [1.807, 2.05) is 0 Å². The summed E-state index contributed by atoms with van der Waals surface area (Å²) in [5, 5.41) is 2.64. The molecule has 0 atom stereocenters. The Kier molecular flexibility index (Phi) is 18.7. The monoisotopic (exact) mass is 755 g/mol. The summed E-state index contributed by atoms with van der Waals surface area (Å²) in [5.74, 6) is 0.966. The molecule has 3 aromatic carbocycles. The van der Waals surface area contributed by atoms with Gasteiger partial charge in [-0.15, -0.1) is 0 Å². The fourth-order valence-corrected chi connectivity index (χ4v) is 24.2. The van der Waals surface area contributed by atoms with Gasteiger partial charge < -0.3 is 4.90 Å². The van der Waals surface area contributed by atoms with Crippen molar-refractivity contribution in [1.29, 1.82) is 0 Å². The molecule has 0 bridgehead atoms. The van der Waals surface area contributed by atoms with E-state index in [2.05, 4.69) is 99.1 Å². The molecule has 0 saturated carbocycles. The number of nitrogens with two attached hydrogens (primary N) is 1. The molecule has 3 rings (SSSR count). The molecule has 0 aliphatic heterocycles. The molecule has 3 aromatic rings. The number of ether oxygens (including phenoxy) is 1. The van der Waals surface area contributed by atoms with E-state index in [0.29, 0.717) is 0 Å². The number of unbranched alkanes of at least 4 members (excludes halogenated alkanes) is 10. The number of nitrogen functional groups attached to an aromatic ring is 1. The molecule has 0 heterocycles. The van der Waals surface area contributed by atoms with Crippen molar-refractivity contribution in [3.05, 3.63) is 54.6 Å². The molecule has 0 aromatic heterocycles. The fraction of sp³-hybridized carbons (Fsp3) is 0.600. The molecule has 46 heavy (non-hydrogen) atoms. The van der Waals surface area contributed by atoms with Gasteiger partial charge in [-0.3, -0.25) is 4.72 Å². The number of nitrogens with one attached hydrogen (secondary N) is 1. The summed E-state index contributed by atoms with van der Waals surface area (Å²) < 4.78 is 15.7. The molecule has 0 radical (unpaired) electrons. The average Bonchev–Trinajstić information content (AvgIpc) is 3.06. The van der Waals surface area contributed by atoms with Gasteiger partial charge in [0.25, 0.3) is 0 Å². The molecule has 0 fully saturated rings. The first-order chi connectivity index (χ1) is 22.5. The Morgan fingerprint density at radius 3 is 1.89 bits per heavy atom. The van der Waals surface area contributed by atoms with Crippen LogP contribution >= 0.6 is 11.9 Å². The second-order valence-corrected chi connectivity index (χ2v) is 27.6. The molecule has 0 unspecified atom stereocenters. The van der Waals surface area contributed by atoms with Crippen LogP contribution < -0.4 is 23.7 Å². The summed E-state index contributed by atoms with van der Waals surface area (Å²) in [6, 6.07) is 20.0. The Labute approximate surface area is 291 Å². The fourth-order valence-electron chi connectivity index (χ4n) is 6.86. The van der Waals surface area contributed by atoms with Crippen LogP contribution in [0.15, 0.2) is 59.5 Å². The first kappa shape index (κ1) is 38.9. The van der Waals surface area contributed by atoms with E-state index >= 15 is 0 Å². The number of hydrogen-bond acceptors (Lipinski definition) is 5. The maximum absolute atomic E-state index is 6.79. The summed E-state index contributed by atoms with van der Waals surface area (Å²) in [5.41, 5.74) is 9.08. The topological polar surface area (TPSA) is 50.5 Å². The van der Waals surface area contributed by atoms with Crippen molar-refractivity contribution in [3.8, 4) is 5.75 Å². The van der Waals surface area contributed by atoms with Gasteiger partial charge in [-0.1, -0.05) is 30.7 Å². The van der Waals surface area contributed by atoms with Gasteiger partial charge in [0.15, 0.2) is 0 Å². The Morgan fingerprint density at radius 1 is 0.696 bits per heavy atom. The van der Waals surface area contributed by atoms with Crippen LogP contribution in [-0.4, -0.2) is 45.6 Å². The van der Waals surface area contributed by atoms with Crippen LogP contribution in [0, 0.1) is 0 Å². The van der Waals surface area contributed by atoms with Crippen molar-refractivity contribution in [3.63, 3.8) is 0 Å². The predicted molar refractivity (Wildman–Crippen MR) is 210 cm³/mol. The number of anilines is 2. The standard InChI is InChI=1S/C28H38N3OS.3C4H9.Sn/c1-31(2)27-18-12-17-26-25(27)16-13-19-28(26)33-30-20-9-7-5-3-4-6-8-10-21-32-24-15-11-14-23(29)22-24;3*1-3-4-2;/h11-13,15-19,22,30H,3-10,20-21,29H2,1-2H3;3*1,3-4H2,2H3;. The molecule has 0 spiro atoms. The molecule has 6 heteroatoms. The molecule has 0 aliphatic carbocycles. The van der Waals surface area contributed by atoms with Gasteiger partial charge in [0, 0.05) is 36.6 Å². The van der Waals surface area contributed by atoms with E-state index < -0.39 is 18.4 Å². The van der Waals surface area contributed by atoms with Crippen LogP contribution in [0.25, 0.3) is 10.8 Å². The number of nitrogens with zero attached hydrogens (tertiary/aromatic N) is 1. The summed E-state index contributed by atoms with van der Waals surface area (Å²) in [6.07, 6.45) is 18.2. The third kappa shape index (κ3) is 12.5. The molecule has 0 aliphatic rings. The molecule has 4 nitrogen and oxygen atoms in total. The Bertz CT molecular complexity index is 1240. The number of benzene rings is 3. The number of hydrogen-bond donors (Lipinski definition) is 2. The number of fused-ring (bicyclic) bond motifs is 1. The SMILES string of the molecule is CCC[CH2][Sn]([CH2]CCC)([CH2]CCC)[c]1ccc(OCCCCCCCCCCNSc2cccc3c(N(C)C)cccc23)cc1N. The summed E-state index contributed by atoms with van der Waals surface area (Å²) in [6.45, 7) is 8.86. The van der Waals surface area contributed by atoms with Crippen molar-refractivity contribution in [1.82, 2.24) is 4.72 Å². The molecule has 3 N–H and O–H groups in total. The van der Waals surface area contributed by atoms with Crippen molar-refractivity contribution < 1.29 is 4.74 Å². The molecular weight excluding hydrogens is 689 g/mol. The first-order valence-corrected chi connectivity index (χ1v) is 26.9. The van der Waals surface area contributed by atoms with Gasteiger partial charge >= 0.3 is 180 Å². The summed E-state index contributed by atoms with van der Waals surface area (Å²) >= 11 is -0.736. The first-order valence-electron chi connectivity index (χ1n) is 18.6. The quantitative estimate of drug-likeness (QED) is 0.0390. The predicted octanol–water partition coefficient (Wildman–Crippen LogP) is 11.3. The second-order valence-electron chi connectivity index (χ2n) is 13.5. The molecule has 0 saturated heterocycles. The van der Waals surface area contributed by atoms with Crippen LogP contribution in [0.1, 0.15) is 111 Å². The van der Waals surface area contributed by atoms with Crippen LogP contribution in [0.4, 0.5) is 11.4 Å². The normalized spacial score (nSPS) is 11.8. The van der Waals surface area contributed by atoms with E-state index in [1.54, 1.807) is 15.5 Å². The van der Waals surface area contributed by atoms with Crippen LogP contribution in [0.5, 0.6) is 5.75 Å². The Balaban J connectivity index is 1.28. The minimum absolute atomic E-state index is 0.797. The van der Waals surface area contributed by atoms with Crippen molar-refractivity contribution in [2.45, 2.75) is 129 Å². The van der Waals surface area contributed by atoms with Gasteiger partial charge in [-0.25, -0.2) is 0 Å². The Hall–Kier alpha value is -1.57. The molecule has 0 amide bonds. The maximum atomic E-state index is 6.79. The minimum atomic E-state index is -2.51. The van der Waals surface area contributed by atoms with Crippen molar-refractivity contribution in [2.75, 3.05) is 37.9 Å². The Morgan fingerprint density at radius 2 is 1.28 bits per heavy atom. The van der Waals surface area contributed by atoms with Gasteiger partial charge in [0.05, 0.1) is 0 Å². The third-order valence-corrected chi connectivity index (χ3v) is 26.3. The van der Waals surface area contributed by atoms with Crippen LogP contribution in [0.2, 0.25) is 13.3 Å².